The van der Waals surface area contributed by atoms with Crippen molar-refractivity contribution in [2.45, 2.75) is 52.6 Å². The highest BCUT2D eigenvalue weighted by molar-refractivity contribution is 4.79. The van der Waals surface area contributed by atoms with E-state index in [-0.39, 0.29) is 0 Å². The summed E-state index contributed by atoms with van der Waals surface area (Å²) in [6.07, 6.45) is 2.46. The van der Waals surface area contributed by atoms with Crippen LogP contribution in [0.4, 0.5) is 0 Å². The molecule has 0 radical (unpaired) electrons. The highest BCUT2D eigenvalue weighted by Crippen LogP contribution is 2.14. The lowest BCUT2D eigenvalue weighted by molar-refractivity contribution is 0.0338. The number of hydrogen-bond donors (Lipinski definition) is 1. The molecular formula is C12H25NO. The molecule has 2 unspecified atom stereocenters. The van der Waals surface area contributed by atoms with Gasteiger partial charge in [-0.2, -0.15) is 0 Å². The van der Waals surface area contributed by atoms with Crippen molar-refractivity contribution in [2.24, 2.45) is 11.8 Å². The zero-order valence-electron chi connectivity index (χ0n) is 10.0. The summed E-state index contributed by atoms with van der Waals surface area (Å²) in [7, 11) is 0. The van der Waals surface area contributed by atoms with E-state index in [9.17, 15) is 0 Å². The largest absolute Gasteiger partial charge is 0.378 e. The van der Waals surface area contributed by atoms with Gasteiger partial charge in [0, 0.05) is 12.1 Å². The molecular weight excluding hydrogens is 174 g/mol. The van der Waals surface area contributed by atoms with E-state index in [0.717, 1.165) is 25.0 Å². The number of rotatable bonds is 4. The van der Waals surface area contributed by atoms with Crippen LogP contribution in [-0.4, -0.2) is 25.3 Å². The first kappa shape index (κ1) is 12.0. The highest BCUT2D eigenvalue weighted by Gasteiger charge is 2.22. The zero-order chi connectivity index (χ0) is 10.6. The third-order valence-corrected chi connectivity index (χ3v) is 2.62. The summed E-state index contributed by atoms with van der Waals surface area (Å²) in [5, 5.41) is 3.69. The third-order valence-electron chi connectivity index (χ3n) is 2.62. The Balaban J connectivity index is 2.28. The monoisotopic (exact) mass is 199 g/mol. The van der Waals surface area contributed by atoms with Gasteiger partial charge in [0.25, 0.3) is 0 Å². The minimum atomic E-state index is 0.576. The Morgan fingerprint density at radius 2 is 1.43 bits per heavy atom. The SMILES string of the molecule is CC(C)CC1COCC(CC(C)C)N1. The number of ether oxygens (including phenoxy) is 1. The summed E-state index contributed by atoms with van der Waals surface area (Å²) in [6.45, 7) is 10.9. The summed E-state index contributed by atoms with van der Waals surface area (Å²) in [5.41, 5.74) is 0. The molecule has 1 fully saturated rings. The van der Waals surface area contributed by atoms with E-state index in [0.29, 0.717) is 12.1 Å². The smallest absolute Gasteiger partial charge is 0.0620 e. The maximum Gasteiger partial charge on any atom is 0.0620 e. The van der Waals surface area contributed by atoms with Gasteiger partial charge in [0.2, 0.25) is 0 Å². The van der Waals surface area contributed by atoms with Gasteiger partial charge in [0.1, 0.15) is 0 Å². The third kappa shape index (κ3) is 4.43. The minimum absolute atomic E-state index is 0.576. The van der Waals surface area contributed by atoms with Gasteiger partial charge in [-0.25, -0.2) is 0 Å². The molecule has 1 aliphatic rings. The quantitative estimate of drug-likeness (QED) is 0.751. The summed E-state index contributed by atoms with van der Waals surface area (Å²) in [5.74, 6) is 1.52. The van der Waals surface area contributed by atoms with E-state index in [1.54, 1.807) is 0 Å². The topological polar surface area (TPSA) is 21.3 Å². The summed E-state index contributed by atoms with van der Waals surface area (Å²) in [4.78, 5) is 0. The van der Waals surface area contributed by atoms with Gasteiger partial charge in [0.05, 0.1) is 13.2 Å². The molecule has 0 aromatic heterocycles. The Labute approximate surface area is 88.4 Å². The fourth-order valence-electron chi connectivity index (χ4n) is 2.19. The zero-order valence-corrected chi connectivity index (χ0v) is 10.0. The molecule has 0 spiro atoms. The molecule has 0 aromatic carbocycles. The molecule has 0 bridgehead atoms. The molecule has 0 aromatic rings. The van der Waals surface area contributed by atoms with Gasteiger partial charge in [-0.15, -0.1) is 0 Å². The van der Waals surface area contributed by atoms with Crippen LogP contribution in [0.3, 0.4) is 0 Å². The summed E-state index contributed by atoms with van der Waals surface area (Å²) >= 11 is 0. The van der Waals surface area contributed by atoms with E-state index >= 15 is 0 Å². The van der Waals surface area contributed by atoms with Crippen LogP contribution in [-0.2, 0) is 4.74 Å². The lowest BCUT2D eigenvalue weighted by atomic mass is 9.99. The summed E-state index contributed by atoms with van der Waals surface area (Å²) in [6, 6.07) is 1.15. The molecule has 1 N–H and O–H groups in total. The van der Waals surface area contributed by atoms with Gasteiger partial charge in [0.15, 0.2) is 0 Å². The van der Waals surface area contributed by atoms with Crippen LogP contribution < -0.4 is 5.32 Å². The second kappa shape index (κ2) is 5.72. The van der Waals surface area contributed by atoms with Crippen LogP contribution in [0.15, 0.2) is 0 Å². The molecule has 2 heteroatoms. The first-order valence-corrected chi connectivity index (χ1v) is 5.91. The van der Waals surface area contributed by atoms with E-state index in [4.69, 9.17) is 4.74 Å². The molecule has 2 nitrogen and oxygen atoms in total. The van der Waals surface area contributed by atoms with Crippen molar-refractivity contribution in [2.75, 3.05) is 13.2 Å². The Hall–Kier alpha value is -0.0800. The van der Waals surface area contributed by atoms with E-state index < -0.39 is 0 Å². The van der Waals surface area contributed by atoms with Gasteiger partial charge >= 0.3 is 0 Å². The van der Waals surface area contributed by atoms with Crippen LogP contribution in [0.1, 0.15) is 40.5 Å². The predicted octanol–water partition coefficient (Wildman–Crippen LogP) is 2.44. The molecule has 1 heterocycles. The van der Waals surface area contributed by atoms with Crippen LogP contribution in [0.5, 0.6) is 0 Å². The van der Waals surface area contributed by atoms with Crippen LogP contribution in [0.25, 0.3) is 0 Å². The van der Waals surface area contributed by atoms with E-state index in [1.807, 2.05) is 0 Å². The van der Waals surface area contributed by atoms with E-state index in [1.165, 1.54) is 12.8 Å². The lowest BCUT2D eigenvalue weighted by Gasteiger charge is -2.33. The Morgan fingerprint density at radius 1 is 1.00 bits per heavy atom. The number of morpholine rings is 1. The maximum absolute atomic E-state index is 5.63. The average Bonchev–Trinajstić information content (AvgIpc) is 2.01. The molecule has 84 valence electrons. The van der Waals surface area contributed by atoms with Crippen molar-refractivity contribution in [3.05, 3.63) is 0 Å². The summed E-state index contributed by atoms with van der Waals surface area (Å²) < 4.78 is 5.63. The number of nitrogens with one attached hydrogen (secondary N) is 1. The predicted molar refractivity (Wildman–Crippen MR) is 60.4 cm³/mol. The van der Waals surface area contributed by atoms with Gasteiger partial charge in [-0.05, 0) is 24.7 Å². The van der Waals surface area contributed by atoms with Crippen molar-refractivity contribution >= 4 is 0 Å². The van der Waals surface area contributed by atoms with Crippen molar-refractivity contribution in [3.8, 4) is 0 Å². The van der Waals surface area contributed by atoms with Crippen molar-refractivity contribution in [1.82, 2.24) is 5.32 Å². The minimum Gasteiger partial charge on any atom is -0.378 e. The number of hydrogen-bond acceptors (Lipinski definition) is 2. The maximum atomic E-state index is 5.63. The Morgan fingerprint density at radius 3 is 1.79 bits per heavy atom. The molecule has 0 amide bonds. The second-order valence-electron chi connectivity index (χ2n) is 5.36. The van der Waals surface area contributed by atoms with Crippen molar-refractivity contribution < 1.29 is 4.74 Å². The van der Waals surface area contributed by atoms with Gasteiger partial charge in [-0.1, -0.05) is 27.7 Å². The fourth-order valence-corrected chi connectivity index (χ4v) is 2.19. The molecule has 1 rings (SSSR count). The normalized spacial score (nSPS) is 28.7. The van der Waals surface area contributed by atoms with Crippen molar-refractivity contribution in [3.63, 3.8) is 0 Å². The standard InChI is InChI=1S/C12H25NO/c1-9(2)5-11-7-14-8-12(13-11)6-10(3)4/h9-13H,5-8H2,1-4H3. The first-order valence-electron chi connectivity index (χ1n) is 5.91. The molecule has 1 saturated heterocycles. The highest BCUT2D eigenvalue weighted by atomic mass is 16.5. The van der Waals surface area contributed by atoms with Crippen LogP contribution >= 0.6 is 0 Å². The second-order valence-corrected chi connectivity index (χ2v) is 5.36. The average molecular weight is 199 g/mol. The molecule has 0 aliphatic carbocycles. The molecule has 14 heavy (non-hydrogen) atoms. The first-order chi connectivity index (χ1) is 6.58. The molecule has 1 aliphatic heterocycles. The van der Waals surface area contributed by atoms with Gasteiger partial charge < -0.3 is 10.1 Å². The van der Waals surface area contributed by atoms with Crippen LogP contribution in [0.2, 0.25) is 0 Å². The Kier molecular flexibility index (Phi) is 4.90. The van der Waals surface area contributed by atoms with Crippen molar-refractivity contribution in [1.29, 1.82) is 0 Å². The van der Waals surface area contributed by atoms with Gasteiger partial charge in [-0.3, -0.25) is 0 Å². The Bertz CT molecular complexity index is 140. The van der Waals surface area contributed by atoms with E-state index in [2.05, 4.69) is 33.0 Å². The van der Waals surface area contributed by atoms with Crippen LogP contribution in [0, 0.1) is 11.8 Å². The lowest BCUT2D eigenvalue weighted by Crippen LogP contribution is -2.49. The molecule has 0 saturated carbocycles. The fraction of sp³-hybridized carbons (Fsp3) is 1.00. The molecule has 2 atom stereocenters.